The standard InChI is InChI=1S/C12H19ClN2O/c1-9-12(8-13)10(2)15(14-9)6-5-11-4-3-7-16-11/h11H,3-8H2,1-2H3. The molecule has 0 amide bonds. The molecule has 3 nitrogen and oxygen atoms in total. The Balaban J connectivity index is 1.98. The topological polar surface area (TPSA) is 27.1 Å². The van der Waals surface area contributed by atoms with Crippen LogP contribution in [0.15, 0.2) is 0 Å². The second kappa shape index (κ2) is 5.19. The summed E-state index contributed by atoms with van der Waals surface area (Å²) in [4.78, 5) is 0. The number of aryl methyl sites for hydroxylation is 2. The molecular weight excluding hydrogens is 224 g/mol. The van der Waals surface area contributed by atoms with Gasteiger partial charge in [0.15, 0.2) is 0 Å². The van der Waals surface area contributed by atoms with Crippen molar-refractivity contribution in [2.24, 2.45) is 0 Å². The zero-order chi connectivity index (χ0) is 11.5. The van der Waals surface area contributed by atoms with Crippen molar-refractivity contribution in [1.29, 1.82) is 0 Å². The van der Waals surface area contributed by atoms with Gasteiger partial charge in [0.25, 0.3) is 0 Å². The average molecular weight is 243 g/mol. The van der Waals surface area contributed by atoms with E-state index in [0.29, 0.717) is 12.0 Å². The maximum Gasteiger partial charge on any atom is 0.0640 e. The zero-order valence-corrected chi connectivity index (χ0v) is 10.8. The van der Waals surface area contributed by atoms with Crippen molar-refractivity contribution >= 4 is 11.6 Å². The molecule has 1 aromatic rings. The van der Waals surface area contributed by atoms with E-state index in [9.17, 15) is 0 Å². The van der Waals surface area contributed by atoms with Crippen LogP contribution in [0.5, 0.6) is 0 Å². The fourth-order valence-electron chi connectivity index (χ4n) is 2.28. The van der Waals surface area contributed by atoms with E-state index in [1.165, 1.54) is 24.1 Å². The Morgan fingerprint density at radius 3 is 2.88 bits per heavy atom. The smallest absolute Gasteiger partial charge is 0.0640 e. The lowest BCUT2D eigenvalue weighted by molar-refractivity contribution is 0.0992. The van der Waals surface area contributed by atoms with Gasteiger partial charge in [0.05, 0.1) is 17.7 Å². The highest BCUT2D eigenvalue weighted by atomic mass is 35.5. The lowest BCUT2D eigenvalue weighted by Crippen LogP contribution is -2.12. The van der Waals surface area contributed by atoms with Gasteiger partial charge in [-0.05, 0) is 33.1 Å². The van der Waals surface area contributed by atoms with E-state index >= 15 is 0 Å². The fraction of sp³-hybridized carbons (Fsp3) is 0.750. The average Bonchev–Trinajstić information content (AvgIpc) is 2.85. The minimum absolute atomic E-state index is 0.434. The van der Waals surface area contributed by atoms with Crippen molar-refractivity contribution in [2.45, 2.75) is 51.6 Å². The summed E-state index contributed by atoms with van der Waals surface area (Å²) >= 11 is 5.90. The summed E-state index contributed by atoms with van der Waals surface area (Å²) < 4.78 is 7.67. The molecule has 4 heteroatoms. The molecule has 1 aliphatic rings. The first kappa shape index (κ1) is 11.9. The third-order valence-corrected chi connectivity index (χ3v) is 3.62. The Kier molecular flexibility index (Phi) is 3.87. The first-order valence-corrected chi connectivity index (χ1v) is 6.46. The molecule has 1 saturated heterocycles. The maximum atomic E-state index is 5.90. The van der Waals surface area contributed by atoms with Crippen molar-refractivity contribution in [2.75, 3.05) is 6.61 Å². The van der Waals surface area contributed by atoms with Gasteiger partial charge in [-0.3, -0.25) is 4.68 Å². The van der Waals surface area contributed by atoms with E-state index in [0.717, 1.165) is 25.3 Å². The van der Waals surface area contributed by atoms with E-state index in [-0.39, 0.29) is 0 Å². The van der Waals surface area contributed by atoms with Gasteiger partial charge in [0.1, 0.15) is 0 Å². The monoisotopic (exact) mass is 242 g/mol. The first-order chi connectivity index (χ1) is 7.72. The van der Waals surface area contributed by atoms with Crippen LogP contribution in [-0.2, 0) is 17.2 Å². The molecule has 2 rings (SSSR count). The van der Waals surface area contributed by atoms with Crippen molar-refractivity contribution in [1.82, 2.24) is 9.78 Å². The molecule has 0 saturated carbocycles. The molecule has 1 aromatic heterocycles. The van der Waals surface area contributed by atoms with Crippen LogP contribution in [0.1, 0.15) is 36.2 Å². The molecule has 1 unspecified atom stereocenters. The number of hydrogen-bond donors (Lipinski definition) is 0. The van der Waals surface area contributed by atoms with Crippen LogP contribution in [0.2, 0.25) is 0 Å². The summed E-state index contributed by atoms with van der Waals surface area (Å²) in [5.74, 6) is 0.553. The van der Waals surface area contributed by atoms with Crippen molar-refractivity contribution in [3.05, 3.63) is 17.0 Å². The summed E-state index contributed by atoms with van der Waals surface area (Å²) in [6, 6.07) is 0. The van der Waals surface area contributed by atoms with Gasteiger partial charge in [-0.25, -0.2) is 0 Å². The Bertz CT molecular complexity index is 356. The van der Waals surface area contributed by atoms with Crippen LogP contribution in [0, 0.1) is 13.8 Å². The van der Waals surface area contributed by atoms with E-state index in [1.807, 2.05) is 6.92 Å². The third kappa shape index (κ3) is 2.41. The van der Waals surface area contributed by atoms with Crippen molar-refractivity contribution in [3.8, 4) is 0 Å². The van der Waals surface area contributed by atoms with Gasteiger partial charge in [-0.1, -0.05) is 0 Å². The summed E-state index contributed by atoms with van der Waals surface area (Å²) in [5, 5.41) is 4.52. The molecule has 0 bridgehead atoms. The van der Waals surface area contributed by atoms with E-state index in [2.05, 4.69) is 16.7 Å². The third-order valence-electron chi connectivity index (χ3n) is 3.35. The quantitative estimate of drug-likeness (QED) is 0.760. The zero-order valence-electron chi connectivity index (χ0n) is 10.0. The molecule has 1 aliphatic heterocycles. The molecule has 0 N–H and O–H groups in total. The molecule has 1 fully saturated rings. The van der Waals surface area contributed by atoms with Crippen LogP contribution >= 0.6 is 11.6 Å². The summed E-state index contributed by atoms with van der Waals surface area (Å²) in [7, 11) is 0. The molecule has 0 spiro atoms. The lowest BCUT2D eigenvalue weighted by atomic mass is 10.2. The fourth-order valence-corrected chi connectivity index (χ4v) is 2.67. The predicted molar refractivity (Wildman–Crippen MR) is 64.8 cm³/mol. The Labute approximate surface area is 102 Å². The molecule has 2 heterocycles. The number of rotatable bonds is 4. The van der Waals surface area contributed by atoms with Gasteiger partial charge in [-0.2, -0.15) is 5.10 Å². The van der Waals surface area contributed by atoms with Crippen LogP contribution in [0.25, 0.3) is 0 Å². The number of halogens is 1. The Hall–Kier alpha value is -0.540. The Morgan fingerprint density at radius 2 is 2.31 bits per heavy atom. The van der Waals surface area contributed by atoms with Gasteiger partial charge in [0.2, 0.25) is 0 Å². The SMILES string of the molecule is Cc1nn(CCC2CCCO2)c(C)c1CCl. The van der Waals surface area contributed by atoms with Crippen LogP contribution in [0.3, 0.4) is 0 Å². The number of hydrogen-bond acceptors (Lipinski definition) is 2. The highest BCUT2D eigenvalue weighted by Crippen LogP contribution is 2.19. The van der Waals surface area contributed by atoms with Crippen molar-refractivity contribution < 1.29 is 4.74 Å². The molecule has 0 aliphatic carbocycles. The largest absolute Gasteiger partial charge is 0.378 e. The van der Waals surface area contributed by atoms with Gasteiger partial charge >= 0.3 is 0 Å². The van der Waals surface area contributed by atoms with Crippen LogP contribution in [0.4, 0.5) is 0 Å². The predicted octanol–water partition coefficient (Wildman–Crippen LogP) is 2.81. The second-order valence-corrected chi connectivity index (χ2v) is 4.70. The summed E-state index contributed by atoms with van der Waals surface area (Å²) in [5.41, 5.74) is 3.43. The van der Waals surface area contributed by atoms with Gasteiger partial charge in [-0.15, -0.1) is 11.6 Å². The highest BCUT2D eigenvalue weighted by molar-refractivity contribution is 6.17. The normalized spacial score (nSPS) is 20.6. The van der Waals surface area contributed by atoms with E-state index < -0.39 is 0 Å². The number of aromatic nitrogens is 2. The first-order valence-electron chi connectivity index (χ1n) is 5.93. The molecule has 16 heavy (non-hydrogen) atoms. The molecule has 0 aromatic carbocycles. The summed E-state index contributed by atoms with van der Waals surface area (Å²) in [6.45, 7) is 5.98. The van der Waals surface area contributed by atoms with Gasteiger partial charge in [0, 0.05) is 24.4 Å². The van der Waals surface area contributed by atoms with Crippen LogP contribution in [-0.4, -0.2) is 22.5 Å². The minimum atomic E-state index is 0.434. The Morgan fingerprint density at radius 1 is 1.50 bits per heavy atom. The maximum absolute atomic E-state index is 5.90. The molecule has 0 radical (unpaired) electrons. The number of alkyl halides is 1. The summed E-state index contributed by atoms with van der Waals surface area (Å²) in [6.07, 6.45) is 3.89. The second-order valence-electron chi connectivity index (χ2n) is 4.43. The lowest BCUT2D eigenvalue weighted by Gasteiger charge is -2.10. The minimum Gasteiger partial charge on any atom is -0.378 e. The molecule has 1 atom stereocenters. The number of nitrogens with zero attached hydrogens (tertiary/aromatic N) is 2. The number of ether oxygens (including phenoxy) is 1. The van der Waals surface area contributed by atoms with Crippen LogP contribution < -0.4 is 0 Å². The van der Waals surface area contributed by atoms with Gasteiger partial charge < -0.3 is 4.74 Å². The molecular formula is C12H19ClN2O. The molecule has 90 valence electrons. The van der Waals surface area contributed by atoms with E-state index in [4.69, 9.17) is 16.3 Å². The van der Waals surface area contributed by atoms with Crippen molar-refractivity contribution in [3.63, 3.8) is 0 Å². The van der Waals surface area contributed by atoms with E-state index in [1.54, 1.807) is 0 Å². The highest BCUT2D eigenvalue weighted by Gasteiger charge is 2.17.